The summed E-state index contributed by atoms with van der Waals surface area (Å²) in [5, 5.41) is -5.11. The molecule has 0 saturated carbocycles. The summed E-state index contributed by atoms with van der Waals surface area (Å²) in [6, 6.07) is 0. The second-order valence-electron chi connectivity index (χ2n) is 4.63. The van der Waals surface area contributed by atoms with Crippen LogP contribution in [0.15, 0.2) is 0 Å². The summed E-state index contributed by atoms with van der Waals surface area (Å²) in [4.78, 5) is 0. The van der Waals surface area contributed by atoms with Crippen molar-refractivity contribution in [2.75, 3.05) is 13.2 Å². The standard InChI is InChI=1S/C9H18F2O6S2/c1-8(2,10)18(12,13)16-6-5-7-17-19(14,15)9(3,4)11/h5-7H2,1-4H3. The van der Waals surface area contributed by atoms with Gasteiger partial charge < -0.3 is 0 Å². The van der Waals surface area contributed by atoms with E-state index in [0.717, 1.165) is 27.7 Å². The van der Waals surface area contributed by atoms with Crippen molar-refractivity contribution in [1.29, 1.82) is 0 Å². The van der Waals surface area contributed by atoms with Gasteiger partial charge in [0.15, 0.2) is 0 Å². The van der Waals surface area contributed by atoms with Gasteiger partial charge in [0.1, 0.15) is 0 Å². The molecule has 19 heavy (non-hydrogen) atoms. The third-order valence-electron chi connectivity index (χ3n) is 1.95. The van der Waals surface area contributed by atoms with Gasteiger partial charge in [-0.2, -0.15) is 16.8 Å². The maximum Gasteiger partial charge on any atom is 0.302 e. The van der Waals surface area contributed by atoms with E-state index in [-0.39, 0.29) is 6.42 Å². The SMILES string of the molecule is CC(C)(F)S(=O)(=O)OCCCOS(=O)(=O)C(C)(C)F. The molecule has 0 amide bonds. The third kappa shape index (κ3) is 5.67. The fourth-order valence-electron chi connectivity index (χ4n) is 0.676. The largest absolute Gasteiger partial charge is 0.302 e. The summed E-state index contributed by atoms with van der Waals surface area (Å²) >= 11 is 0. The van der Waals surface area contributed by atoms with Crippen LogP contribution in [0.2, 0.25) is 0 Å². The van der Waals surface area contributed by atoms with E-state index in [1.54, 1.807) is 0 Å². The van der Waals surface area contributed by atoms with Gasteiger partial charge in [-0.1, -0.05) is 0 Å². The zero-order chi connectivity index (χ0) is 15.5. The van der Waals surface area contributed by atoms with Crippen LogP contribution in [0.4, 0.5) is 8.78 Å². The average molecular weight is 324 g/mol. The molecular formula is C9H18F2O6S2. The Morgan fingerprint density at radius 3 is 1.26 bits per heavy atom. The van der Waals surface area contributed by atoms with Gasteiger partial charge in [0.2, 0.25) is 10.0 Å². The van der Waals surface area contributed by atoms with Crippen LogP contribution < -0.4 is 0 Å². The van der Waals surface area contributed by atoms with E-state index in [0.29, 0.717) is 0 Å². The van der Waals surface area contributed by atoms with Crippen molar-refractivity contribution >= 4 is 20.2 Å². The number of alkyl halides is 2. The minimum Gasteiger partial charge on any atom is -0.268 e. The van der Waals surface area contributed by atoms with Crippen molar-refractivity contribution in [3.63, 3.8) is 0 Å². The van der Waals surface area contributed by atoms with E-state index in [1.165, 1.54) is 0 Å². The first kappa shape index (κ1) is 18.7. The molecule has 0 aromatic rings. The van der Waals surface area contributed by atoms with Gasteiger partial charge in [-0.25, -0.2) is 8.78 Å². The molecule has 0 rings (SSSR count). The molecule has 0 saturated heterocycles. The molecule has 0 bridgehead atoms. The minimum atomic E-state index is -4.39. The van der Waals surface area contributed by atoms with Crippen molar-refractivity contribution in [3.05, 3.63) is 0 Å². The van der Waals surface area contributed by atoms with E-state index in [1.807, 2.05) is 0 Å². The summed E-state index contributed by atoms with van der Waals surface area (Å²) in [5.74, 6) is 0. The maximum atomic E-state index is 13.1. The molecule has 0 fully saturated rings. The highest BCUT2D eigenvalue weighted by Crippen LogP contribution is 2.21. The van der Waals surface area contributed by atoms with Crippen LogP contribution in [0.25, 0.3) is 0 Å². The first-order valence-electron chi connectivity index (χ1n) is 5.36. The van der Waals surface area contributed by atoms with Crippen LogP contribution in [-0.4, -0.2) is 40.1 Å². The van der Waals surface area contributed by atoms with Crippen LogP contribution in [0.1, 0.15) is 34.1 Å². The summed E-state index contributed by atoms with van der Waals surface area (Å²) in [6.45, 7) is 2.34. The first-order chi connectivity index (χ1) is 8.21. The average Bonchev–Trinajstić information content (AvgIpc) is 2.12. The summed E-state index contributed by atoms with van der Waals surface area (Å²) < 4.78 is 79.5. The van der Waals surface area contributed by atoms with Crippen molar-refractivity contribution in [2.24, 2.45) is 0 Å². The predicted octanol–water partition coefficient (Wildman–Crippen LogP) is 1.48. The van der Waals surface area contributed by atoms with Crippen LogP contribution in [0.5, 0.6) is 0 Å². The Balaban J connectivity index is 4.18. The molecule has 0 aliphatic rings. The Bertz CT molecular complexity index is 438. The van der Waals surface area contributed by atoms with Gasteiger partial charge in [-0.05, 0) is 34.1 Å². The molecule has 0 unspecified atom stereocenters. The third-order valence-corrected chi connectivity index (χ3v) is 5.29. The maximum absolute atomic E-state index is 13.1. The van der Waals surface area contributed by atoms with Crippen molar-refractivity contribution < 1.29 is 34.0 Å². The lowest BCUT2D eigenvalue weighted by Gasteiger charge is -2.16. The van der Waals surface area contributed by atoms with Gasteiger partial charge in [-0.3, -0.25) is 8.37 Å². The lowest BCUT2D eigenvalue weighted by Crippen LogP contribution is -2.30. The molecule has 6 nitrogen and oxygen atoms in total. The van der Waals surface area contributed by atoms with Gasteiger partial charge in [0.25, 0.3) is 0 Å². The fourth-order valence-corrected chi connectivity index (χ4v) is 1.91. The zero-order valence-electron chi connectivity index (χ0n) is 11.1. The highest BCUT2D eigenvalue weighted by molar-refractivity contribution is 7.88. The Labute approximate surface area is 112 Å². The number of hydrogen-bond acceptors (Lipinski definition) is 6. The smallest absolute Gasteiger partial charge is 0.268 e. The highest BCUT2D eigenvalue weighted by Gasteiger charge is 2.36. The van der Waals surface area contributed by atoms with E-state index in [9.17, 15) is 25.6 Å². The monoisotopic (exact) mass is 324 g/mol. The Morgan fingerprint density at radius 2 is 1.05 bits per heavy atom. The van der Waals surface area contributed by atoms with Crippen LogP contribution in [0, 0.1) is 0 Å². The lowest BCUT2D eigenvalue weighted by molar-refractivity contribution is 0.208. The first-order valence-corrected chi connectivity index (χ1v) is 8.18. The molecule has 0 spiro atoms. The molecule has 0 radical (unpaired) electrons. The van der Waals surface area contributed by atoms with Crippen molar-refractivity contribution in [3.8, 4) is 0 Å². The Hall–Kier alpha value is -0.320. The number of rotatable bonds is 8. The second-order valence-corrected chi connectivity index (χ2v) is 8.86. The van der Waals surface area contributed by atoms with Gasteiger partial charge in [-0.15, -0.1) is 0 Å². The van der Waals surface area contributed by atoms with E-state index < -0.39 is 43.5 Å². The minimum absolute atomic E-state index is 0.148. The molecule has 0 heterocycles. The van der Waals surface area contributed by atoms with Crippen LogP contribution >= 0.6 is 0 Å². The summed E-state index contributed by atoms with van der Waals surface area (Å²) in [6.07, 6.45) is -0.148. The molecule has 116 valence electrons. The summed E-state index contributed by atoms with van der Waals surface area (Å²) in [5.41, 5.74) is 0. The van der Waals surface area contributed by atoms with Crippen molar-refractivity contribution in [2.45, 2.75) is 44.1 Å². The van der Waals surface area contributed by atoms with E-state index in [2.05, 4.69) is 8.37 Å². The van der Waals surface area contributed by atoms with Crippen LogP contribution in [-0.2, 0) is 28.6 Å². The van der Waals surface area contributed by atoms with Crippen molar-refractivity contribution in [1.82, 2.24) is 0 Å². The van der Waals surface area contributed by atoms with E-state index in [4.69, 9.17) is 0 Å². The van der Waals surface area contributed by atoms with Gasteiger partial charge in [0, 0.05) is 0 Å². The molecule has 0 atom stereocenters. The van der Waals surface area contributed by atoms with E-state index >= 15 is 0 Å². The Morgan fingerprint density at radius 1 is 0.789 bits per heavy atom. The van der Waals surface area contributed by atoms with Gasteiger partial charge in [0.05, 0.1) is 13.2 Å². The molecule has 0 N–H and O–H groups in total. The zero-order valence-corrected chi connectivity index (χ0v) is 12.8. The number of hydrogen-bond donors (Lipinski definition) is 0. The van der Waals surface area contributed by atoms with Gasteiger partial charge >= 0.3 is 20.2 Å². The molecule has 0 aromatic carbocycles. The molecule has 10 heteroatoms. The molecule has 0 aliphatic carbocycles. The summed E-state index contributed by atoms with van der Waals surface area (Å²) in [7, 11) is -8.78. The fraction of sp³-hybridized carbons (Fsp3) is 1.00. The molecule has 0 aromatic heterocycles. The highest BCUT2D eigenvalue weighted by atomic mass is 32.2. The van der Waals surface area contributed by atoms with Crippen LogP contribution in [0.3, 0.4) is 0 Å². The predicted molar refractivity (Wildman–Crippen MR) is 64.7 cm³/mol. The lowest BCUT2D eigenvalue weighted by atomic mass is 10.5. The second kappa shape index (κ2) is 5.98. The molecule has 0 aliphatic heterocycles. The molecular weight excluding hydrogens is 306 g/mol. The number of halogens is 2. The normalized spacial score (nSPS) is 14.6. The Kier molecular flexibility index (Phi) is 5.88. The topological polar surface area (TPSA) is 86.7 Å². The quantitative estimate of drug-likeness (QED) is 0.496.